The van der Waals surface area contributed by atoms with Crippen molar-refractivity contribution in [2.45, 2.75) is 19.8 Å². The van der Waals surface area contributed by atoms with Gasteiger partial charge >= 0.3 is 5.97 Å². The highest BCUT2D eigenvalue weighted by Crippen LogP contribution is 2.16. The molecule has 1 aromatic heterocycles. The Morgan fingerprint density at radius 3 is 2.83 bits per heavy atom. The Morgan fingerprint density at radius 2 is 2.08 bits per heavy atom. The van der Waals surface area contributed by atoms with Crippen molar-refractivity contribution in [3.05, 3.63) is 36.2 Å². The van der Waals surface area contributed by atoms with Crippen LogP contribution in [0.1, 0.15) is 25.7 Å². The third-order valence-corrected chi connectivity index (χ3v) is 4.15. The second-order valence-electron chi connectivity index (χ2n) is 6.02. The van der Waals surface area contributed by atoms with Gasteiger partial charge in [0.15, 0.2) is 12.2 Å². The van der Waals surface area contributed by atoms with Crippen LogP contribution in [0.25, 0.3) is 17.2 Å². The van der Waals surface area contributed by atoms with Crippen LogP contribution < -0.4 is 0 Å². The second kappa shape index (κ2) is 7.29. The predicted octanol–water partition coefficient (Wildman–Crippen LogP) is 2.64. The van der Waals surface area contributed by atoms with Gasteiger partial charge in [-0.3, -0.25) is 4.79 Å². The zero-order chi connectivity index (χ0) is 16.9. The van der Waals surface area contributed by atoms with E-state index in [1.54, 1.807) is 11.0 Å². The average molecular weight is 328 g/mol. The molecule has 1 aliphatic heterocycles. The number of amides is 1. The number of likely N-dealkylation sites (tertiary alicyclic amines) is 1. The van der Waals surface area contributed by atoms with Crippen LogP contribution in [0.5, 0.6) is 0 Å². The summed E-state index contributed by atoms with van der Waals surface area (Å²) in [5, 5.41) is 0. The van der Waals surface area contributed by atoms with E-state index in [-0.39, 0.29) is 12.5 Å². The first-order valence-corrected chi connectivity index (χ1v) is 8.10. The standard InChI is InChI=1S/C18H20N2O4/c1-13-8-10-20(11-9-13)17(21)12-23-18(22)7-6-16-19-14-4-2-3-5-15(14)24-16/h2-7,13H,8-12H2,1H3/b7-6+. The molecule has 0 spiro atoms. The van der Waals surface area contributed by atoms with E-state index >= 15 is 0 Å². The summed E-state index contributed by atoms with van der Waals surface area (Å²) in [6, 6.07) is 7.34. The van der Waals surface area contributed by atoms with E-state index in [4.69, 9.17) is 9.15 Å². The summed E-state index contributed by atoms with van der Waals surface area (Å²) in [5.74, 6) is 0.238. The SMILES string of the molecule is CC1CCN(C(=O)COC(=O)/C=C/c2nc3ccccc3o2)CC1. The zero-order valence-electron chi connectivity index (χ0n) is 13.6. The van der Waals surface area contributed by atoms with Crippen molar-refractivity contribution >= 4 is 29.1 Å². The number of hydrogen-bond donors (Lipinski definition) is 0. The number of nitrogens with zero attached hydrogens (tertiary/aromatic N) is 2. The van der Waals surface area contributed by atoms with Crippen LogP contribution in [0.4, 0.5) is 0 Å². The van der Waals surface area contributed by atoms with Gasteiger partial charge in [0.1, 0.15) is 5.52 Å². The van der Waals surface area contributed by atoms with Crippen LogP contribution in [-0.4, -0.2) is 41.5 Å². The number of benzene rings is 1. The summed E-state index contributed by atoms with van der Waals surface area (Å²) < 4.78 is 10.5. The summed E-state index contributed by atoms with van der Waals surface area (Å²) in [4.78, 5) is 29.7. The predicted molar refractivity (Wildman–Crippen MR) is 89.0 cm³/mol. The number of fused-ring (bicyclic) bond motifs is 1. The number of oxazole rings is 1. The number of rotatable bonds is 4. The first-order chi connectivity index (χ1) is 11.6. The van der Waals surface area contributed by atoms with Crippen molar-refractivity contribution in [3.63, 3.8) is 0 Å². The topological polar surface area (TPSA) is 72.6 Å². The number of hydrogen-bond acceptors (Lipinski definition) is 5. The van der Waals surface area contributed by atoms with Gasteiger partial charge < -0.3 is 14.1 Å². The third-order valence-electron chi connectivity index (χ3n) is 4.15. The Balaban J connectivity index is 1.49. The Hall–Kier alpha value is -2.63. The Kier molecular flexibility index (Phi) is 4.93. The van der Waals surface area contributed by atoms with Gasteiger partial charge in [0.2, 0.25) is 5.89 Å². The lowest BCUT2D eigenvalue weighted by atomic mass is 9.99. The molecule has 3 rings (SSSR count). The van der Waals surface area contributed by atoms with Crippen LogP contribution in [0, 0.1) is 5.92 Å². The van der Waals surface area contributed by atoms with E-state index in [2.05, 4.69) is 11.9 Å². The zero-order valence-corrected chi connectivity index (χ0v) is 13.6. The largest absolute Gasteiger partial charge is 0.452 e. The molecule has 0 aliphatic carbocycles. The Morgan fingerprint density at radius 1 is 1.33 bits per heavy atom. The maximum atomic E-state index is 12.0. The molecule has 1 saturated heterocycles. The van der Waals surface area contributed by atoms with Crippen molar-refractivity contribution in [3.8, 4) is 0 Å². The quantitative estimate of drug-likeness (QED) is 0.637. The molecule has 1 amide bonds. The highest BCUT2D eigenvalue weighted by Gasteiger charge is 2.20. The maximum absolute atomic E-state index is 12.0. The summed E-state index contributed by atoms with van der Waals surface area (Å²) in [7, 11) is 0. The molecular formula is C18H20N2O4. The minimum atomic E-state index is -0.587. The van der Waals surface area contributed by atoms with E-state index in [0.29, 0.717) is 17.4 Å². The number of carbonyl (C=O) groups is 2. The van der Waals surface area contributed by atoms with Crippen molar-refractivity contribution in [2.75, 3.05) is 19.7 Å². The first-order valence-electron chi connectivity index (χ1n) is 8.10. The van der Waals surface area contributed by atoms with Gasteiger partial charge in [-0.2, -0.15) is 0 Å². The number of ether oxygens (including phenoxy) is 1. The molecule has 6 heteroatoms. The lowest BCUT2D eigenvalue weighted by molar-refractivity contribution is -0.148. The van der Waals surface area contributed by atoms with Crippen LogP contribution in [0.2, 0.25) is 0 Å². The van der Waals surface area contributed by atoms with Crippen LogP contribution in [0.15, 0.2) is 34.8 Å². The van der Waals surface area contributed by atoms with Gasteiger partial charge in [0.05, 0.1) is 0 Å². The molecule has 126 valence electrons. The van der Waals surface area contributed by atoms with Crippen molar-refractivity contribution in [2.24, 2.45) is 5.92 Å². The smallest absolute Gasteiger partial charge is 0.331 e. The van der Waals surface area contributed by atoms with E-state index in [1.165, 1.54) is 12.2 Å². The Bertz CT molecular complexity index is 724. The molecule has 0 unspecified atom stereocenters. The fourth-order valence-corrected chi connectivity index (χ4v) is 2.63. The lowest BCUT2D eigenvalue weighted by Crippen LogP contribution is -2.40. The van der Waals surface area contributed by atoms with Crippen LogP contribution >= 0.6 is 0 Å². The third kappa shape index (κ3) is 4.01. The van der Waals surface area contributed by atoms with Crippen molar-refractivity contribution < 1.29 is 18.7 Å². The first kappa shape index (κ1) is 16.2. The molecular weight excluding hydrogens is 308 g/mol. The fourth-order valence-electron chi connectivity index (χ4n) is 2.63. The van der Waals surface area contributed by atoms with Crippen molar-refractivity contribution in [1.29, 1.82) is 0 Å². The van der Waals surface area contributed by atoms with Gasteiger partial charge in [-0.1, -0.05) is 19.1 Å². The molecule has 0 atom stereocenters. The number of piperidine rings is 1. The molecule has 24 heavy (non-hydrogen) atoms. The molecule has 1 aromatic carbocycles. The van der Waals surface area contributed by atoms with Gasteiger partial charge in [-0.05, 0) is 30.9 Å². The maximum Gasteiger partial charge on any atom is 0.331 e. The summed E-state index contributed by atoms with van der Waals surface area (Å²) in [6.45, 7) is 3.41. The molecule has 0 radical (unpaired) electrons. The van der Waals surface area contributed by atoms with Gasteiger partial charge in [0.25, 0.3) is 5.91 Å². The number of esters is 1. The molecule has 1 aliphatic rings. The number of aromatic nitrogens is 1. The van der Waals surface area contributed by atoms with E-state index in [0.717, 1.165) is 31.4 Å². The van der Waals surface area contributed by atoms with Gasteiger partial charge in [0, 0.05) is 25.2 Å². The van der Waals surface area contributed by atoms with Gasteiger partial charge in [-0.15, -0.1) is 0 Å². The summed E-state index contributed by atoms with van der Waals surface area (Å²) >= 11 is 0. The van der Waals surface area contributed by atoms with E-state index < -0.39 is 5.97 Å². The number of carbonyl (C=O) groups excluding carboxylic acids is 2. The van der Waals surface area contributed by atoms with Crippen LogP contribution in [0.3, 0.4) is 0 Å². The van der Waals surface area contributed by atoms with Gasteiger partial charge in [-0.25, -0.2) is 9.78 Å². The normalized spacial score (nSPS) is 16.0. The molecule has 2 aromatic rings. The Labute approximate surface area is 140 Å². The number of para-hydroxylation sites is 2. The van der Waals surface area contributed by atoms with E-state index in [1.807, 2.05) is 18.2 Å². The summed E-state index contributed by atoms with van der Waals surface area (Å²) in [6.07, 6.45) is 4.65. The average Bonchev–Trinajstić information content (AvgIpc) is 3.01. The molecule has 0 saturated carbocycles. The van der Waals surface area contributed by atoms with E-state index in [9.17, 15) is 9.59 Å². The van der Waals surface area contributed by atoms with Crippen LogP contribution in [-0.2, 0) is 14.3 Å². The molecule has 0 bridgehead atoms. The highest BCUT2D eigenvalue weighted by atomic mass is 16.5. The lowest BCUT2D eigenvalue weighted by Gasteiger charge is -2.30. The molecule has 1 fully saturated rings. The minimum Gasteiger partial charge on any atom is -0.452 e. The molecule has 6 nitrogen and oxygen atoms in total. The van der Waals surface area contributed by atoms with Crippen molar-refractivity contribution in [1.82, 2.24) is 9.88 Å². The fraction of sp³-hybridized carbons (Fsp3) is 0.389. The monoisotopic (exact) mass is 328 g/mol. The summed E-state index contributed by atoms with van der Waals surface area (Å²) in [5.41, 5.74) is 1.38. The molecule has 2 heterocycles. The minimum absolute atomic E-state index is 0.148. The highest BCUT2D eigenvalue weighted by molar-refractivity contribution is 5.89. The second-order valence-corrected chi connectivity index (χ2v) is 6.02. The molecule has 0 N–H and O–H groups in total.